The highest BCUT2D eigenvalue weighted by atomic mass is 16.7. The van der Waals surface area contributed by atoms with Crippen LogP contribution in [0.15, 0.2) is 0 Å². The molecule has 4 nitrogen and oxygen atoms in total. The van der Waals surface area contributed by atoms with Crippen LogP contribution >= 0.6 is 0 Å². The van der Waals surface area contributed by atoms with E-state index in [9.17, 15) is 5.11 Å². The summed E-state index contributed by atoms with van der Waals surface area (Å²) in [4.78, 5) is 5.54. The van der Waals surface area contributed by atoms with Gasteiger partial charge in [-0.3, -0.25) is 4.84 Å². The van der Waals surface area contributed by atoms with Crippen LogP contribution in [0.5, 0.6) is 0 Å². The van der Waals surface area contributed by atoms with E-state index in [-0.39, 0.29) is 12.7 Å². The first kappa shape index (κ1) is 9.40. The minimum absolute atomic E-state index is 0.187. The molecule has 0 aromatic heterocycles. The van der Waals surface area contributed by atoms with Gasteiger partial charge in [0, 0.05) is 12.6 Å². The number of hydroxylamine groups is 2. The van der Waals surface area contributed by atoms with E-state index in [1.807, 2.05) is 5.06 Å². The molecule has 2 aliphatic rings. The quantitative estimate of drug-likeness (QED) is 0.634. The number of aliphatic hydroxyl groups is 2. The molecule has 0 radical (unpaired) electrons. The van der Waals surface area contributed by atoms with Gasteiger partial charge >= 0.3 is 0 Å². The third kappa shape index (κ3) is 1.86. The molecule has 0 amide bonds. The highest BCUT2D eigenvalue weighted by Gasteiger charge is 2.37. The second-order valence-corrected chi connectivity index (χ2v) is 3.92. The highest BCUT2D eigenvalue weighted by molar-refractivity contribution is 4.84. The van der Waals surface area contributed by atoms with E-state index >= 15 is 0 Å². The number of aliphatic hydroxyl groups excluding tert-OH is 2. The molecule has 0 aromatic carbocycles. The standard InChI is InChI=1S/C9H17NO3/c11-6-8(12)9-5-7-3-1-2-4-10(7)13-9/h7-9,11-12H,1-6H2/t7-,8-,9+/m0/s1. The van der Waals surface area contributed by atoms with Gasteiger partial charge in [0.05, 0.1) is 6.61 Å². The van der Waals surface area contributed by atoms with Crippen molar-refractivity contribution in [2.24, 2.45) is 0 Å². The molecule has 13 heavy (non-hydrogen) atoms. The monoisotopic (exact) mass is 187 g/mol. The largest absolute Gasteiger partial charge is 0.394 e. The summed E-state index contributed by atoms with van der Waals surface area (Å²) in [5.41, 5.74) is 0. The fourth-order valence-corrected chi connectivity index (χ4v) is 2.18. The van der Waals surface area contributed by atoms with Crippen LogP contribution in [0.2, 0.25) is 0 Å². The lowest BCUT2D eigenvalue weighted by molar-refractivity contribution is -0.195. The lowest BCUT2D eigenvalue weighted by atomic mass is 9.99. The summed E-state index contributed by atoms with van der Waals surface area (Å²) in [6.45, 7) is 0.768. The van der Waals surface area contributed by atoms with E-state index in [4.69, 9.17) is 9.94 Å². The van der Waals surface area contributed by atoms with Crippen molar-refractivity contribution in [1.82, 2.24) is 5.06 Å². The summed E-state index contributed by atoms with van der Waals surface area (Å²) in [5, 5.41) is 20.2. The Morgan fingerprint density at radius 2 is 2.31 bits per heavy atom. The normalized spacial score (nSPS) is 37.4. The fourth-order valence-electron chi connectivity index (χ4n) is 2.18. The molecule has 0 spiro atoms. The second kappa shape index (κ2) is 3.92. The van der Waals surface area contributed by atoms with Crippen molar-refractivity contribution in [3.05, 3.63) is 0 Å². The van der Waals surface area contributed by atoms with E-state index in [0.717, 1.165) is 19.4 Å². The summed E-state index contributed by atoms with van der Waals surface area (Å²) in [5.74, 6) is 0. The molecule has 0 aliphatic carbocycles. The van der Waals surface area contributed by atoms with Gasteiger partial charge in [-0.05, 0) is 19.3 Å². The Morgan fingerprint density at radius 3 is 3.00 bits per heavy atom. The van der Waals surface area contributed by atoms with Crippen molar-refractivity contribution < 1.29 is 15.1 Å². The number of hydrogen-bond acceptors (Lipinski definition) is 4. The molecule has 2 fully saturated rings. The lowest BCUT2D eigenvalue weighted by Gasteiger charge is -2.27. The molecule has 0 bridgehead atoms. The number of nitrogens with zero attached hydrogens (tertiary/aromatic N) is 1. The zero-order valence-electron chi connectivity index (χ0n) is 7.72. The summed E-state index contributed by atoms with van der Waals surface area (Å²) in [6, 6.07) is 0.472. The average Bonchev–Trinajstić information content (AvgIpc) is 2.59. The maximum Gasteiger partial charge on any atom is 0.109 e. The number of piperidine rings is 1. The van der Waals surface area contributed by atoms with Crippen LogP contribution in [-0.2, 0) is 4.84 Å². The summed E-state index contributed by atoms with van der Waals surface area (Å²) in [6.07, 6.45) is 3.56. The van der Waals surface area contributed by atoms with Crippen molar-refractivity contribution in [2.75, 3.05) is 13.2 Å². The second-order valence-electron chi connectivity index (χ2n) is 3.92. The molecule has 76 valence electrons. The Bertz CT molecular complexity index is 162. The molecule has 4 heteroatoms. The topological polar surface area (TPSA) is 52.9 Å². The fraction of sp³-hybridized carbons (Fsp3) is 1.00. The van der Waals surface area contributed by atoms with Crippen LogP contribution in [0.4, 0.5) is 0 Å². The third-order valence-corrected chi connectivity index (χ3v) is 2.96. The molecule has 2 saturated heterocycles. The zero-order chi connectivity index (χ0) is 9.26. The Balaban J connectivity index is 1.91. The van der Waals surface area contributed by atoms with E-state index in [0.29, 0.717) is 6.04 Å². The van der Waals surface area contributed by atoms with E-state index in [2.05, 4.69) is 0 Å². The zero-order valence-corrected chi connectivity index (χ0v) is 7.72. The molecule has 2 aliphatic heterocycles. The molecule has 3 atom stereocenters. The minimum Gasteiger partial charge on any atom is -0.394 e. The molecule has 0 saturated carbocycles. The Labute approximate surface area is 78.1 Å². The summed E-state index contributed by atoms with van der Waals surface area (Å²) in [7, 11) is 0. The molecule has 2 rings (SSSR count). The summed E-state index contributed by atoms with van der Waals surface area (Å²) < 4.78 is 0. The Morgan fingerprint density at radius 1 is 1.46 bits per heavy atom. The first-order valence-corrected chi connectivity index (χ1v) is 5.03. The predicted molar refractivity (Wildman–Crippen MR) is 46.9 cm³/mol. The van der Waals surface area contributed by atoms with Crippen LogP contribution in [-0.4, -0.2) is 46.7 Å². The molecule has 2 heterocycles. The summed E-state index contributed by atoms with van der Waals surface area (Å²) >= 11 is 0. The number of rotatable bonds is 2. The molecule has 0 unspecified atom stereocenters. The van der Waals surface area contributed by atoms with Crippen molar-refractivity contribution in [3.8, 4) is 0 Å². The van der Waals surface area contributed by atoms with Crippen molar-refractivity contribution >= 4 is 0 Å². The van der Waals surface area contributed by atoms with Crippen molar-refractivity contribution in [3.63, 3.8) is 0 Å². The average molecular weight is 187 g/mol. The molecule has 2 N–H and O–H groups in total. The van der Waals surface area contributed by atoms with E-state index in [1.54, 1.807) is 0 Å². The van der Waals surface area contributed by atoms with E-state index < -0.39 is 6.10 Å². The van der Waals surface area contributed by atoms with Crippen molar-refractivity contribution in [1.29, 1.82) is 0 Å². The van der Waals surface area contributed by atoms with Gasteiger partial charge in [-0.1, -0.05) is 6.42 Å². The van der Waals surface area contributed by atoms with Gasteiger partial charge in [-0.15, -0.1) is 0 Å². The molecular formula is C9H17NO3. The van der Waals surface area contributed by atoms with Crippen LogP contribution in [0.1, 0.15) is 25.7 Å². The third-order valence-electron chi connectivity index (χ3n) is 2.96. The van der Waals surface area contributed by atoms with Crippen molar-refractivity contribution in [2.45, 2.75) is 43.9 Å². The van der Waals surface area contributed by atoms with Crippen LogP contribution in [0.3, 0.4) is 0 Å². The number of fused-ring (bicyclic) bond motifs is 1. The van der Waals surface area contributed by atoms with Gasteiger partial charge in [0.1, 0.15) is 12.2 Å². The van der Waals surface area contributed by atoms with Crippen LogP contribution in [0, 0.1) is 0 Å². The first-order valence-electron chi connectivity index (χ1n) is 5.03. The van der Waals surface area contributed by atoms with Crippen LogP contribution in [0.25, 0.3) is 0 Å². The van der Waals surface area contributed by atoms with Gasteiger partial charge in [-0.25, -0.2) is 0 Å². The maximum atomic E-state index is 9.40. The minimum atomic E-state index is -0.717. The molecular weight excluding hydrogens is 170 g/mol. The smallest absolute Gasteiger partial charge is 0.109 e. The van der Waals surface area contributed by atoms with Gasteiger partial charge in [0.2, 0.25) is 0 Å². The lowest BCUT2D eigenvalue weighted by Crippen LogP contribution is -2.33. The number of hydrogen-bond donors (Lipinski definition) is 2. The SMILES string of the molecule is OC[C@H](O)[C@H]1C[C@@H]2CCCCN2O1. The van der Waals surface area contributed by atoms with Gasteiger partial charge in [0.25, 0.3) is 0 Å². The first-order chi connectivity index (χ1) is 6.31. The van der Waals surface area contributed by atoms with Gasteiger partial charge in [-0.2, -0.15) is 5.06 Å². The Hall–Kier alpha value is -0.160. The maximum absolute atomic E-state index is 9.40. The highest BCUT2D eigenvalue weighted by Crippen LogP contribution is 2.30. The van der Waals surface area contributed by atoms with E-state index in [1.165, 1.54) is 12.8 Å². The van der Waals surface area contributed by atoms with Gasteiger partial charge < -0.3 is 10.2 Å². The van der Waals surface area contributed by atoms with Gasteiger partial charge in [0.15, 0.2) is 0 Å². The molecule has 0 aromatic rings. The Kier molecular flexibility index (Phi) is 2.83. The predicted octanol–water partition coefficient (Wildman–Crippen LogP) is -0.102. The van der Waals surface area contributed by atoms with Crippen LogP contribution < -0.4 is 0 Å².